The van der Waals surface area contributed by atoms with Crippen LogP contribution in [0.4, 0.5) is 0 Å². The van der Waals surface area contributed by atoms with Gasteiger partial charge in [-0.15, -0.1) is 0 Å². The summed E-state index contributed by atoms with van der Waals surface area (Å²) in [6.07, 6.45) is 1.54. The predicted molar refractivity (Wildman–Crippen MR) is 89.9 cm³/mol. The fourth-order valence-electron chi connectivity index (χ4n) is 2.79. The lowest BCUT2D eigenvalue weighted by molar-refractivity contribution is -0.0230. The summed E-state index contributed by atoms with van der Waals surface area (Å²) >= 11 is 0. The van der Waals surface area contributed by atoms with Crippen LogP contribution in [0.15, 0.2) is 36.5 Å². The van der Waals surface area contributed by atoms with Crippen LogP contribution >= 0.6 is 0 Å². The van der Waals surface area contributed by atoms with E-state index in [1.54, 1.807) is 41.1 Å². The van der Waals surface area contributed by atoms with Gasteiger partial charge in [0.2, 0.25) is 0 Å². The van der Waals surface area contributed by atoms with E-state index in [-0.39, 0.29) is 12.0 Å². The number of morpholine rings is 1. The van der Waals surface area contributed by atoms with Gasteiger partial charge in [0.15, 0.2) is 0 Å². The molecule has 2 heterocycles. The first-order chi connectivity index (χ1) is 12.2. The van der Waals surface area contributed by atoms with Crippen LogP contribution < -0.4 is 0 Å². The lowest BCUT2D eigenvalue weighted by atomic mass is 10.0. The Bertz CT molecular complexity index is 781. The molecule has 130 valence electrons. The third-order valence-electron chi connectivity index (χ3n) is 4.13. The van der Waals surface area contributed by atoms with Crippen LogP contribution in [0.2, 0.25) is 0 Å². The second kappa shape index (κ2) is 7.92. The molecule has 1 aliphatic rings. The van der Waals surface area contributed by atoms with Crippen LogP contribution in [-0.2, 0) is 16.0 Å². The number of carbonyl (C=O) groups excluding carboxylic acids is 1. The molecule has 0 bridgehead atoms. The molecule has 2 aromatic rings. The number of amides is 1. The van der Waals surface area contributed by atoms with Crippen LogP contribution in [0.25, 0.3) is 0 Å². The monoisotopic (exact) mass is 340 g/mol. The minimum atomic E-state index is -0.235. The van der Waals surface area contributed by atoms with Gasteiger partial charge >= 0.3 is 0 Å². The largest absolute Gasteiger partial charge is 0.383 e. The molecule has 0 unspecified atom stereocenters. The molecule has 7 nitrogen and oxygen atoms in total. The topological polar surface area (TPSA) is 80.4 Å². The van der Waals surface area contributed by atoms with Gasteiger partial charge in [0.25, 0.3) is 5.91 Å². The van der Waals surface area contributed by atoms with Crippen molar-refractivity contribution >= 4 is 5.91 Å². The Labute approximate surface area is 146 Å². The molecule has 3 rings (SSSR count). The number of ether oxygens (including phenoxy) is 2. The average molecular weight is 340 g/mol. The van der Waals surface area contributed by atoms with Crippen LogP contribution in [0.3, 0.4) is 0 Å². The number of nitrogens with zero attached hydrogens (tertiary/aromatic N) is 4. The Morgan fingerprint density at radius 3 is 3.16 bits per heavy atom. The third-order valence-corrected chi connectivity index (χ3v) is 4.13. The smallest absolute Gasteiger partial charge is 0.274 e. The van der Waals surface area contributed by atoms with Gasteiger partial charge in [-0.1, -0.05) is 12.1 Å². The quantitative estimate of drug-likeness (QED) is 0.826. The number of hydrogen-bond acceptors (Lipinski definition) is 5. The first kappa shape index (κ1) is 17.1. The highest BCUT2D eigenvalue weighted by atomic mass is 16.5. The number of benzene rings is 1. The van der Waals surface area contributed by atoms with Crippen molar-refractivity contribution in [3.05, 3.63) is 53.3 Å². The zero-order chi connectivity index (χ0) is 17.6. The predicted octanol–water partition coefficient (Wildman–Crippen LogP) is 1.61. The Hall–Kier alpha value is -2.69. The van der Waals surface area contributed by atoms with E-state index in [1.807, 2.05) is 12.1 Å². The second-order valence-corrected chi connectivity index (χ2v) is 5.80. The van der Waals surface area contributed by atoms with E-state index in [0.29, 0.717) is 44.1 Å². The molecule has 1 aromatic carbocycles. The number of hydrogen-bond donors (Lipinski definition) is 0. The first-order valence-electron chi connectivity index (χ1n) is 8.14. The van der Waals surface area contributed by atoms with E-state index in [2.05, 4.69) is 11.2 Å². The molecule has 7 heteroatoms. The first-order valence-corrected chi connectivity index (χ1v) is 8.14. The lowest BCUT2D eigenvalue weighted by Crippen LogP contribution is -2.42. The van der Waals surface area contributed by atoms with Crippen LogP contribution in [0.1, 0.15) is 27.7 Å². The molecule has 1 saturated heterocycles. The van der Waals surface area contributed by atoms with Gasteiger partial charge < -0.3 is 14.4 Å². The van der Waals surface area contributed by atoms with Crippen LogP contribution in [0.5, 0.6) is 0 Å². The van der Waals surface area contributed by atoms with Crippen molar-refractivity contribution in [3.63, 3.8) is 0 Å². The maximum atomic E-state index is 12.7. The third kappa shape index (κ3) is 4.05. The van der Waals surface area contributed by atoms with E-state index in [4.69, 9.17) is 14.7 Å². The summed E-state index contributed by atoms with van der Waals surface area (Å²) in [6, 6.07) is 11.1. The van der Waals surface area contributed by atoms with Gasteiger partial charge in [-0.2, -0.15) is 10.4 Å². The van der Waals surface area contributed by atoms with Crippen LogP contribution in [0, 0.1) is 11.3 Å². The summed E-state index contributed by atoms with van der Waals surface area (Å²) < 4.78 is 12.5. The number of aromatic nitrogens is 2. The van der Waals surface area contributed by atoms with Crippen molar-refractivity contribution in [2.24, 2.45) is 0 Å². The van der Waals surface area contributed by atoms with Gasteiger partial charge in [0.1, 0.15) is 11.8 Å². The molecule has 1 amide bonds. The maximum absolute atomic E-state index is 12.7. The van der Waals surface area contributed by atoms with Crippen molar-refractivity contribution in [2.45, 2.75) is 12.6 Å². The van der Waals surface area contributed by atoms with E-state index in [1.165, 1.54) is 0 Å². The molecule has 1 fully saturated rings. The summed E-state index contributed by atoms with van der Waals surface area (Å²) in [6.45, 7) is 2.58. The minimum absolute atomic E-state index is 0.110. The maximum Gasteiger partial charge on any atom is 0.274 e. The lowest BCUT2D eigenvalue weighted by Gasteiger charge is -2.32. The Balaban J connectivity index is 1.69. The zero-order valence-electron chi connectivity index (χ0n) is 14.1. The number of rotatable bonds is 5. The van der Waals surface area contributed by atoms with E-state index in [9.17, 15) is 4.79 Å². The summed E-state index contributed by atoms with van der Waals surface area (Å²) in [5.41, 5.74) is 1.91. The molecule has 0 spiro atoms. The summed E-state index contributed by atoms with van der Waals surface area (Å²) in [4.78, 5) is 14.4. The van der Waals surface area contributed by atoms with Gasteiger partial charge in [0, 0.05) is 19.9 Å². The molecule has 0 N–H and O–H groups in total. The molecule has 1 aliphatic heterocycles. The van der Waals surface area contributed by atoms with E-state index < -0.39 is 0 Å². The van der Waals surface area contributed by atoms with Gasteiger partial charge in [-0.25, -0.2) is 0 Å². The second-order valence-electron chi connectivity index (χ2n) is 5.80. The molecule has 1 aromatic heterocycles. The minimum Gasteiger partial charge on any atom is -0.383 e. The molecule has 0 saturated carbocycles. The zero-order valence-corrected chi connectivity index (χ0v) is 14.1. The van der Waals surface area contributed by atoms with Crippen LogP contribution in [-0.4, -0.2) is 54.0 Å². The Kier molecular flexibility index (Phi) is 5.43. The van der Waals surface area contributed by atoms with Crippen molar-refractivity contribution in [1.82, 2.24) is 14.7 Å². The van der Waals surface area contributed by atoms with Gasteiger partial charge in [0.05, 0.1) is 37.9 Å². The van der Waals surface area contributed by atoms with Gasteiger partial charge in [-0.3, -0.25) is 9.48 Å². The van der Waals surface area contributed by atoms with E-state index >= 15 is 0 Å². The normalized spacial score (nSPS) is 17.3. The Morgan fingerprint density at radius 2 is 2.36 bits per heavy atom. The average Bonchev–Trinajstić information content (AvgIpc) is 3.15. The molecule has 0 radical (unpaired) electrons. The molecule has 25 heavy (non-hydrogen) atoms. The fourth-order valence-corrected chi connectivity index (χ4v) is 2.79. The van der Waals surface area contributed by atoms with E-state index in [0.717, 1.165) is 5.56 Å². The Morgan fingerprint density at radius 1 is 1.48 bits per heavy atom. The van der Waals surface area contributed by atoms with Crippen molar-refractivity contribution in [3.8, 4) is 6.07 Å². The fraction of sp³-hybridized carbons (Fsp3) is 0.389. The van der Waals surface area contributed by atoms with Crippen molar-refractivity contribution < 1.29 is 14.3 Å². The molecule has 1 atom stereocenters. The number of carbonyl (C=O) groups is 1. The van der Waals surface area contributed by atoms with Gasteiger partial charge in [-0.05, 0) is 23.8 Å². The molecular weight excluding hydrogens is 320 g/mol. The molecule has 0 aliphatic carbocycles. The standard InChI is InChI=1S/C18H20N4O3/c1-24-9-8-22-6-5-16(20-22)18(23)21-7-10-25-17(13-21)15-4-2-3-14(11-15)12-19/h2-6,11,17H,7-10,13H2,1H3/t17-/m1/s1. The summed E-state index contributed by atoms with van der Waals surface area (Å²) in [5.74, 6) is -0.110. The highest BCUT2D eigenvalue weighted by molar-refractivity contribution is 5.92. The number of nitriles is 1. The van der Waals surface area contributed by atoms with Crippen molar-refractivity contribution in [1.29, 1.82) is 5.26 Å². The summed E-state index contributed by atoms with van der Waals surface area (Å²) in [7, 11) is 1.63. The number of methoxy groups -OCH3 is 1. The van der Waals surface area contributed by atoms with Crippen molar-refractivity contribution in [2.75, 3.05) is 33.4 Å². The highest BCUT2D eigenvalue weighted by Crippen LogP contribution is 2.23. The highest BCUT2D eigenvalue weighted by Gasteiger charge is 2.27. The summed E-state index contributed by atoms with van der Waals surface area (Å²) in [5, 5.41) is 13.3. The molecular formula is C18H20N4O3. The SMILES string of the molecule is COCCn1ccc(C(=O)N2CCO[C@@H](c3cccc(C#N)c3)C2)n1.